The van der Waals surface area contributed by atoms with Crippen molar-refractivity contribution >= 4 is 11.9 Å². The highest BCUT2D eigenvalue weighted by Gasteiger charge is 2.17. The second kappa shape index (κ2) is 5.09. The zero-order valence-electron chi connectivity index (χ0n) is 10.4. The molecule has 17 heavy (non-hydrogen) atoms. The minimum atomic E-state index is -0.606. The van der Waals surface area contributed by atoms with E-state index < -0.39 is 11.7 Å². The van der Waals surface area contributed by atoms with Gasteiger partial charge in [-0.3, -0.25) is 5.32 Å². The molecule has 6 nitrogen and oxygen atoms in total. The second-order valence-corrected chi connectivity index (χ2v) is 4.58. The van der Waals surface area contributed by atoms with Crippen LogP contribution in [0.4, 0.5) is 10.6 Å². The van der Waals surface area contributed by atoms with Gasteiger partial charge in [-0.25, -0.2) is 14.8 Å². The average molecular weight is 239 g/mol. The number of aliphatic hydroxyl groups excluding tert-OH is 1. The summed E-state index contributed by atoms with van der Waals surface area (Å²) in [6.45, 7) is 6.76. The Morgan fingerprint density at radius 1 is 1.53 bits per heavy atom. The average Bonchev–Trinajstić information content (AvgIpc) is 2.14. The van der Waals surface area contributed by atoms with Crippen molar-refractivity contribution in [2.45, 2.75) is 39.9 Å². The number of carbonyl (C=O) groups excluding carboxylic acids is 1. The highest BCUT2D eigenvalue weighted by atomic mass is 16.6. The first-order valence-electron chi connectivity index (χ1n) is 5.25. The SMILES string of the molecule is Cc1ncc(CO)c(NC(=O)OC(C)(C)C)n1. The van der Waals surface area contributed by atoms with E-state index in [0.717, 1.165) is 0 Å². The van der Waals surface area contributed by atoms with Crippen molar-refractivity contribution in [1.82, 2.24) is 9.97 Å². The standard InChI is InChI=1S/C11H17N3O3/c1-7-12-5-8(6-15)9(13-7)14-10(16)17-11(2,3)4/h5,15H,6H2,1-4H3,(H,12,13,14,16). The van der Waals surface area contributed by atoms with Crippen LogP contribution in [-0.4, -0.2) is 26.8 Å². The minimum Gasteiger partial charge on any atom is -0.444 e. The van der Waals surface area contributed by atoms with Gasteiger partial charge in [0.05, 0.1) is 6.61 Å². The molecule has 0 aliphatic carbocycles. The van der Waals surface area contributed by atoms with Gasteiger partial charge in [-0.05, 0) is 27.7 Å². The minimum absolute atomic E-state index is 0.245. The van der Waals surface area contributed by atoms with Crippen molar-refractivity contribution in [2.24, 2.45) is 0 Å². The smallest absolute Gasteiger partial charge is 0.413 e. The summed E-state index contributed by atoms with van der Waals surface area (Å²) in [4.78, 5) is 19.5. The summed E-state index contributed by atoms with van der Waals surface area (Å²) in [6.07, 6.45) is 0.861. The molecule has 0 radical (unpaired) electrons. The van der Waals surface area contributed by atoms with Crippen LogP contribution in [0.3, 0.4) is 0 Å². The molecule has 1 aromatic heterocycles. The first kappa shape index (κ1) is 13.4. The van der Waals surface area contributed by atoms with Crippen LogP contribution in [-0.2, 0) is 11.3 Å². The Labute approximate surface area is 100 Å². The summed E-state index contributed by atoms with van der Waals surface area (Å²) in [5.41, 5.74) is -0.132. The monoisotopic (exact) mass is 239 g/mol. The molecule has 0 atom stereocenters. The van der Waals surface area contributed by atoms with E-state index in [0.29, 0.717) is 11.4 Å². The third kappa shape index (κ3) is 4.36. The normalized spacial score (nSPS) is 11.1. The number of aromatic nitrogens is 2. The zero-order valence-corrected chi connectivity index (χ0v) is 10.4. The molecule has 0 spiro atoms. The fraction of sp³-hybridized carbons (Fsp3) is 0.545. The van der Waals surface area contributed by atoms with Crippen molar-refractivity contribution in [2.75, 3.05) is 5.32 Å². The number of rotatable bonds is 2. The molecular formula is C11H17N3O3. The Bertz CT molecular complexity index is 413. The van der Waals surface area contributed by atoms with Gasteiger partial charge >= 0.3 is 6.09 Å². The largest absolute Gasteiger partial charge is 0.444 e. The first-order chi connectivity index (χ1) is 7.81. The molecule has 0 aliphatic heterocycles. The molecule has 0 unspecified atom stereocenters. The number of carbonyl (C=O) groups is 1. The molecule has 2 N–H and O–H groups in total. The summed E-state index contributed by atoms with van der Waals surface area (Å²) < 4.78 is 5.09. The molecular weight excluding hydrogens is 222 g/mol. The van der Waals surface area contributed by atoms with Gasteiger partial charge in [-0.2, -0.15) is 0 Å². The van der Waals surface area contributed by atoms with Crippen LogP contribution >= 0.6 is 0 Å². The molecule has 1 rings (SSSR count). The van der Waals surface area contributed by atoms with Gasteiger partial charge in [0.2, 0.25) is 0 Å². The molecule has 1 heterocycles. The van der Waals surface area contributed by atoms with E-state index in [2.05, 4.69) is 15.3 Å². The predicted octanol–water partition coefficient (Wildman–Crippen LogP) is 1.62. The maximum atomic E-state index is 11.5. The number of ether oxygens (including phenoxy) is 1. The molecule has 0 saturated carbocycles. The van der Waals surface area contributed by atoms with E-state index in [1.54, 1.807) is 27.7 Å². The third-order valence-corrected chi connectivity index (χ3v) is 1.77. The molecule has 0 bridgehead atoms. The van der Waals surface area contributed by atoms with Gasteiger partial charge in [-0.1, -0.05) is 0 Å². The summed E-state index contributed by atoms with van der Waals surface area (Å²) >= 11 is 0. The van der Waals surface area contributed by atoms with E-state index >= 15 is 0 Å². The lowest BCUT2D eigenvalue weighted by atomic mass is 10.2. The number of aryl methyl sites for hydroxylation is 1. The van der Waals surface area contributed by atoms with Crippen molar-refractivity contribution in [3.05, 3.63) is 17.6 Å². The van der Waals surface area contributed by atoms with Crippen LogP contribution in [0, 0.1) is 6.92 Å². The molecule has 0 aliphatic rings. The van der Waals surface area contributed by atoms with Gasteiger partial charge in [0, 0.05) is 11.8 Å². The van der Waals surface area contributed by atoms with E-state index in [1.165, 1.54) is 6.20 Å². The molecule has 94 valence electrons. The van der Waals surface area contributed by atoms with Crippen molar-refractivity contribution in [1.29, 1.82) is 0 Å². The number of hydrogen-bond donors (Lipinski definition) is 2. The molecule has 6 heteroatoms. The maximum absolute atomic E-state index is 11.5. The lowest BCUT2D eigenvalue weighted by Crippen LogP contribution is -2.28. The number of anilines is 1. The molecule has 1 aromatic rings. The fourth-order valence-electron chi connectivity index (χ4n) is 1.12. The summed E-state index contributed by atoms with van der Waals surface area (Å²) in [6, 6.07) is 0. The van der Waals surface area contributed by atoms with Crippen LogP contribution in [0.5, 0.6) is 0 Å². The lowest BCUT2D eigenvalue weighted by molar-refractivity contribution is 0.0635. The Morgan fingerprint density at radius 3 is 2.71 bits per heavy atom. The van der Waals surface area contributed by atoms with Gasteiger partial charge in [0.1, 0.15) is 17.2 Å². The van der Waals surface area contributed by atoms with Crippen molar-refractivity contribution in [3.63, 3.8) is 0 Å². The highest BCUT2D eigenvalue weighted by molar-refractivity contribution is 5.84. The summed E-state index contributed by atoms with van der Waals surface area (Å²) in [5.74, 6) is 0.780. The van der Waals surface area contributed by atoms with E-state index in [-0.39, 0.29) is 12.4 Å². The molecule has 0 saturated heterocycles. The van der Waals surface area contributed by atoms with Gasteiger partial charge in [0.25, 0.3) is 0 Å². The Morgan fingerprint density at radius 2 is 2.18 bits per heavy atom. The Balaban J connectivity index is 2.80. The number of nitrogens with zero attached hydrogens (tertiary/aromatic N) is 2. The van der Waals surface area contributed by atoms with Crippen LogP contribution in [0.25, 0.3) is 0 Å². The van der Waals surface area contributed by atoms with Gasteiger partial charge in [-0.15, -0.1) is 0 Å². The highest BCUT2D eigenvalue weighted by Crippen LogP contribution is 2.14. The lowest BCUT2D eigenvalue weighted by Gasteiger charge is -2.19. The van der Waals surface area contributed by atoms with Crippen molar-refractivity contribution in [3.8, 4) is 0 Å². The summed E-state index contributed by atoms with van der Waals surface area (Å²) in [7, 11) is 0. The summed E-state index contributed by atoms with van der Waals surface area (Å²) in [5, 5.41) is 11.6. The number of hydrogen-bond acceptors (Lipinski definition) is 5. The Kier molecular flexibility index (Phi) is 4.01. The van der Waals surface area contributed by atoms with Crippen LogP contribution in [0.15, 0.2) is 6.20 Å². The second-order valence-electron chi connectivity index (χ2n) is 4.58. The fourth-order valence-corrected chi connectivity index (χ4v) is 1.12. The predicted molar refractivity (Wildman–Crippen MR) is 62.5 cm³/mol. The van der Waals surface area contributed by atoms with Crippen molar-refractivity contribution < 1.29 is 14.6 Å². The van der Waals surface area contributed by atoms with Crippen LogP contribution in [0.1, 0.15) is 32.2 Å². The number of aliphatic hydroxyl groups is 1. The molecule has 0 fully saturated rings. The van der Waals surface area contributed by atoms with Crippen LogP contribution < -0.4 is 5.32 Å². The third-order valence-electron chi connectivity index (χ3n) is 1.77. The van der Waals surface area contributed by atoms with Gasteiger partial charge < -0.3 is 9.84 Å². The first-order valence-corrected chi connectivity index (χ1v) is 5.25. The molecule has 0 aromatic carbocycles. The van der Waals surface area contributed by atoms with E-state index in [9.17, 15) is 4.79 Å². The van der Waals surface area contributed by atoms with Gasteiger partial charge in [0.15, 0.2) is 0 Å². The quantitative estimate of drug-likeness (QED) is 0.819. The number of nitrogens with one attached hydrogen (secondary N) is 1. The van der Waals surface area contributed by atoms with E-state index in [4.69, 9.17) is 9.84 Å². The number of amides is 1. The topological polar surface area (TPSA) is 84.3 Å². The zero-order chi connectivity index (χ0) is 13.1. The maximum Gasteiger partial charge on any atom is 0.413 e. The molecule has 1 amide bonds. The Hall–Kier alpha value is -1.69. The van der Waals surface area contributed by atoms with E-state index in [1.807, 2.05) is 0 Å². The van der Waals surface area contributed by atoms with Crippen LogP contribution in [0.2, 0.25) is 0 Å².